The normalized spacial score (nSPS) is 20.5. The summed E-state index contributed by atoms with van der Waals surface area (Å²) in [6, 6.07) is 6.20. The maximum absolute atomic E-state index is 13.3. The van der Waals surface area contributed by atoms with Gasteiger partial charge in [-0.15, -0.1) is 0 Å². The van der Waals surface area contributed by atoms with Gasteiger partial charge in [-0.3, -0.25) is 4.79 Å². The topological polar surface area (TPSA) is 58.6 Å². The second-order valence-electron chi connectivity index (χ2n) is 6.44. The average molecular weight is 307 g/mol. The number of carbonyl (C=O) groups is 1. The van der Waals surface area contributed by atoms with Gasteiger partial charge in [0.05, 0.1) is 18.1 Å². The first-order chi connectivity index (χ1) is 10.6. The van der Waals surface area contributed by atoms with Crippen LogP contribution in [0.3, 0.4) is 0 Å². The molecule has 1 aromatic rings. The molecule has 3 rings (SSSR count). The Morgan fingerprint density at radius 1 is 1.45 bits per heavy atom. The molecule has 0 aromatic heterocycles. The number of hydrogen-bond acceptors (Lipinski definition) is 3. The summed E-state index contributed by atoms with van der Waals surface area (Å²) in [6.07, 6.45) is 3.16. The molecule has 1 aromatic carbocycles. The highest BCUT2D eigenvalue weighted by molar-refractivity contribution is 5.91. The first-order valence-corrected chi connectivity index (χ1v) is 7.90. The number of benzene rings is 1. The summed E-state index contributed by atoms with van der Waals surface area (Å²) in [5.74, 6) is 0.189. The fourth-order valence-electron chi connectivity index (χ4n) is 2.65. The molecule has 2 saturated carbocycles. The van der Waals surface area contributed by atoms with Crippen LogP contribution in [-0.4, -0.2) is 36.9 Å². The maximum Gasteiger partial charge on any atom is 0.230 e. The van der Waals surface area contributed by atoms with Crippen molar-refractivity contribution in [2.24, 2.45) is 5.92 Å². The van der Waals surface area contributed by atoms with Crippen LogP contribution in [-0.2, 0) is 14.9 Å². The van der Waals surface area contributed by atoms with Crippen LogP contribution in [0.15, 0.2) is 24.3 Å². The number of carbonyl (C=O) groups excluding carboxylic acids is 1. The van der Waals surface area contributed by atoms with Gasteiger partial charge >= 0.3 is 0 Å². The van der Waals surface area contributed by atoms with Gasteiger partial charge in [-0.25, -0.2) is 4.39 Å². The van der Waals surface area contributed by atoms with E-state index in [1.807, 2.05) is 0 Å². The Morgan fingerprint density at radius 2 is 2.23 bits per heavy atom. The number of halogens is 1. The number of ether oxygens (including phenoxy) is 1. The molecular formula is C17H22FNO3. The summed E-state index contributed by atoms with van der Waals surface area (Å²) < 4.78 is 18.7. The van der Waals surface area contributed by atoms with Crippen LogP contribution in [0.4, 0.5) is 4.39 Å². The van der Waals surface area contributed by atoms with Crippen molar-refractivity contribution in [2.45, 2.75) is 37.2 Å². The quantitative estimate of drug-likeness (QED) is 0.769. The summed E-state index contributed by atoms with van der Waals surface area (Å²) in [5.41, 5.74) is 0.0981. The van der Waals surface area contributed by atoms with E-state index in [1.54, 1.807) is 12.1 Å². The number of aliphatic hydroxyl groups is 1. The first kappa shape index (κ1) is 15.4. The van der Waals surface area contributed by atoms with Gasteiger partial charge in [-0.1, -0.05) is 12.1 Å². The molecule has 0 bridgehead atoms. The van der Waals surface area contributed by atoms with Crippen molar-refractivity contribution in [3.8, 4) is 0 Å². The van der Waals surface area contributed by atoms with E-state index in [-0.39, 0.29) is 24.9 Å². The minimum Gasteiger partial charge on any atom is -0.389 e. The molecule has 2 aliphatic rings. The Bertz CT molecular complexity index is 540. The van der Waals surface area contributed by atoms with Gasteiger partial charge in [0.15, 0.2) is 0 Å². The Labute approximate surface area is 129 Å². The summed E-state index contributed by atoms with van der Waals surface area (Å²) in [6.45, 7) is 1.10. The molecule has 1 amide bonds. The lowest BCUT2D eigenvalue weighted by molar-refractivity contribution is -0.124. The van der Waals surface area contributed by atoms with Crippen molar-refractivity contribution in [1.82, 2.24) is 5.32 Å². The van der Waals surface area contributed by atoms with Crippen LogP contribution in [0, 0.1) is 11.7 Å². The highest BCUT2D eigenvalue weighted by Crippen LogP contribution is 2.48. The van der Waals surface area contributed by atoms with Crippen LogP contribution in [0.2, 0.25) is 0 Å². The zero-order chi connectivity index (χ0) is 15.6. The molecule has 1 unspecified atom stereocenters. The fourth-order valence-corrected chi connectivity index (χ4v) is 2.65. The predicted molar refractivity (Wildman–Crippen MR) is 79.9 cm³/mol. The predicted octanol–water partition coefficient (Wildman–Crippen LogP) is 1.76. The van der Waals surface area contributed by atoms with E-state index in [9.17, 15) is 14.3 Å². The van der Waals surface area contributed by atoms with Crippen LogP contribution < -0.4 is 5.32 Å². The smallest absolute Gasteiger partial charge is 0.230 e. The lowest BCUT2D eigenvalue weighted by Gasteiger charge is -2.18. The van der Waals surface area contributed by atoms with Crippen LogP contribution in [0.25, 0.3) is 0 Å². The standard InChI is InChI=1S/C17H22FNO3/c18-14-3-1-2-13(8-14)17(6-7-17)16(21)19-9-15(20)11-22-10-12-4-5-12/h1-3,8,12,15,20H,4-7,9-11H2,(H,19,21). The number of rotatable bonds is 8. The highest BCUT2D eigenvalue weighted by atomic mass is 19.1. The molecule has 120 valence electrons. The third-order valence-electron chi connectivity index (χ3n) is 4.42. The number of nitrogens with one attached hydrogen (secondary N) is 1. The third-order valence-corrected chi connectivity index (χ3v) is 4.42. The summed E-state index contributed by atoms with van der Waals surface area (Å²) in [5, 5.41) is 12.6. The lowest BCUT2D eigenvalue weighted by atomic mass is 9.95. The molecule has 0 saturated heterocycles. The molecule has 4 nitrogen and oxygen atoms in total. The average Bonchev–Trinajstić information content (AvgIpc) is 3.37. The molecule has 0 spiro atoms. The minimum atomic E-state index is -0.703. The van der Waals surface area contributed by atoms with E-state index in [2.05, 4.69) is 5.32 Å². The number of amides is 1. The summed E-state index contributed by atoms with van der Waals surface area (Å²) in [4.78, 5) is 12.4. The van der Waals surface area contributed by atoms with Gasteiger partial charge in [0, 0.05) is 13.2 Å². The second kappa shape index (κ2) is 6.34. The molecule has 22 heavy (non-hydrogen) atoms. The van der Waals surface area contributed by atoms with E-state index in [4.69, 9.17) is 4.74 Å². The van der Waals surface area contributed by atoms with Gasteiger partial charge in [0.25, 0.3) is 0 Å². The molecule has 2 fully saturated rings. The monoisotopic (exact) mass is 307 g/mol. The Kier molecular flexibility index (Phi) is 4.45. The number of aliphatic hydroxyl groups excluding tert-OH is 1. The third kappa shape index (κ3) is 3.65. The molecule has 0 aliphatic heterocycles. The molecule has 2 aliphatic carbocycles. The number of hydrogen-bond donors (Lipinski definition) is 2. The van der Waals surface area contributed by atoms with Gasteiger partial charge in [-0.2, -0.15) is 0 Å². The van der Waals surface area contributed by atoms with Crippen molar-refractivity contribution in [2.75, 3.05) is 19.8 Å². The van der Waals surface area contributed by atoms with Crippen LogP contribution in [0.5, 0.6) is 0 Å². The molecule has 0 radical (unpaired) electrons. The van der Waals surface area contributed by atoms with E-state index < -0.39 is 11.5 Å². The van der Waals surface area contributed by atoms with E-state index >= 15 is 0 Å². The van der Waals surface area contributed by atoms with Crippen LogP contribution >= 0.6 is 0 Å². The fraction of sp³-hybridized carbons (Fsp3) is 0.588. The zero-order valence-electron chi connectivity index (χ0n) is 12.6. The van der Waals surface area contributed by atoms with Gasteiger partial charge in [0.2, 0.25) is 5.91 Å². The SMILES string of the molecule is O=C(NCC(O)COCC1CC1)C1(c2cccc(F)c2)CC1. The van der Waals surface area contributed by atoms with E-state index in [0.29, 0.717) is 18.1 Å². The highest BCUT2D eigenvalue weighted by Gasteiger charge is 2.51. The Balaban J connectivity index is 1.46. The van der Waals surface area contributed by atoms with Crippen molar-refractivity contribution >= 4 is 5.91 Å². The molecule has 1 atom stereocenters. The first-order valence-electron chi connectivity index (χ1n) is 7.90. The molecular weight excluding hydrogens is 285 g/mol. The maximum atomic E-state index is 13.3. The Hall–Kier alpha value is -1.46. The summed E-state index contributed by atoms with van der Waals surface area (Å²) >= 11 is 0. The molecule has 0 heterocycles. The van der Waals surface area contributed by atoms with Gasteiger partial charge in [-0.05, 0) is 49.3 Å². The zero-order valence-corrected chi connectivity index (χ0v) is 12.6. The Morgan fingerprint density at radius 3 is 2.86 bits per heavy atom. The van der Waals surface area contributed by atoms with E-state index in [1.165, 1.54) is 25.0 Å². The second-order valence-corrected chi connectivity index (χ2v) is 6.44. The lowest BCUT2D eigenvalue weighted by Crippen LogP contribution is -2.40. The van der Waals surface area contributed by atoms with Gasteiger partial charge < -0.3 is 15.2 Å². The van der Waals surface area contributed by atoms with Crippen molar-refractivity contribution in [3.63, 3.8) is 0 Å². The molecule has 5 heteroatoms. The minimum absolute atomic E-state index is 0.139. The van der Waals surface area contributed by atoms with Crippen molar-refractivity contribution in [3.05, 3.63) is 35.6 Å². The van der Waals surface area contributed by atoms with Gasteiger partial charge in [0.1, 0.15) is 5.82 Å². The summed E-state index contributed by atoms with van der Waals surface area (Å²) in [7, 11) is 0. The molecule has 2 N–H and O–H groups in total. The van der Waals surface area contributed by atoms with Crippen molar-refractivity contribution < 1.29 is 19.0 Å². The van der Waals surface area contributed by atoms with E-state index in [0.717, 1.165) is 12.8 Å². The largest absolute Gasteiger partial charge is 0.389 e. The van der Waals surface area contributed by atoms with Crippen LogP contribution in [0.1, 0.15) is 31.2 Å². The van der Waals surface area contributed by atoms with Crippen molar-refractivity contribution in [1.29, 1.82) is 0 Å².